The number of nitrogens with zero attached hydrogens (tertiary/aromatic N) is 1. The Hall–Kier alpha value is -1.97. The molecule has 0 radical (unpaired) electrons. The average molecular weight is 274 g/mol. The molecule has 4 heteroatoms. The van der Waals surface area contributed by atoms with Crippen molar-refractivity contribution >= 4 is 5.69 Å². The topological polar surface area (TPSA) is 24.9 Å². The first-order valence-corrected chi connectivity index (χ1v) is 6.63. The van der Waals surface area contributed by atoms with Crippen molar-refractivity contribution in [1.29, 1.82) is 0 Å². The Kier molecular flexibility index (Phi) is 2.96. The Morgan fingerprint density at radius 3 is 2.80 bits per heavy atom. The van der Waals surface area contributed by atoms with Crippen LogP contribution < -0.4 is 5.32 Å². The van der Waals surface area contributed by atoms with E-state index in [0.29, 0.717) is 12.0 Å². The van der Waals surface area contributed by atoms with Gasteiger partial charge in [-0.15, -0.1) is 0 Å². The van der Waals surface area contributed by atoms with Gasteiger partial charge in [0.05, 0.1) is 0 Å². The van der Waals surface area contributed by atoms with E-state index < -0.39 is 11.6 Å². The number of pyridine rings is 1. The summed E-state index contributed by atoms with van der Waals surface area (Å²) < 4.78 is 26.5. The van der Waals surface area contributed by atoms with Crippen LogP contribution in [-0.2, 0) is 11.8 Å². The normalized spacial score (nSPS) is 15.8. The molecule has 0 spiro atoms. The molecule has 1 aromatic heterocycles. The second kappa shape index (κ2) is 4.54. The summed E-state index contributed by atoms with van der Waals surface area (Å²) in [5, 5.41) is 3.35. The number of anilines is 1. The summed E-state index contributed by atoms with van der Waals surface area (Å²) >= 11 is 0. The highest BCUT2D eigenvalue weighted by molar-refractivity contribution is 5.59. The molecule has 0 aliphatic carbocycles. The summed E-state index contributed by atoms with van der Waals surface area (Å²) in [5.41, 5.74) is 3.54. The fourth-order valence-corrected chi connectivity index (χ4v) is 2.55. The molecule has 0 saturated carbocycles. The minimum absolute atomic E-state index is 0.0714. The molecule has 2 nitrogen and oxygen atoms in total. The summed E-state index contributed by atoms with van der Waals surface area (Å²) in [4.78, 5) is 4.40. The number of halogens is 2. The molecule has 0 fully saturated rings. The van der Waals surface area contributed by atoms with E-state index in [9.17, 15) is 8.78 Å². The molecule has 20 heavy (non-hydrogen) atoms. The van der Waals surface area contributed by atoms with Gasteiger partial charge in [0.15, 0.2) is 0 Å². The van der Waals surface area contributed by atoms with Crippen molar-refractivity contribution in [3.05, 3.63) is 58.9 Å². The Morgan fingerprint density at radius 1 is 1.25 bits per heavy atom. The maximum atomic E-state index is 13.6. The summed E-state index contributed by atoms with van der Waals surface area (Å²) in [6.45, 7) is 5.19. The fraction of sp³-hybridized carbons (Fsp3) is 0.312. The van der Waals surface area contributed by atoms with Gasteiger partial charge < -0.3 is 5.32 Å². The van der Waals surface area contributed by atoms with Crippen LogP contribution in [0.5, 0.6) is 0 Å². The summed E-state index contributed by atoms with van der Waals surface area (Å²) in [7, 11) is 0. The molecule has 2 heterocycles. The number of fused-ring (bicyclic) bond motifs is 1. The van der Waals surface area contributed by atoms with Crippen LogP contribution in [0, 0.1) is 11.6 Å². The smallest absolute Gasteiger partial charge is 0.129 e. The van der Waals surface area contributed by atoms with Crippen LogP contribution >= 0.6 is 0 Å². The van der Waals surface area contributed by atoms with Gasteiger partial charge in [-0.25, -0.2) is 8.78 Å². The Balaban J connectivity index is 1.89. The van der Waals surface area contributed by atoms with Crippen LogP contribution in [-0.4, -0.2) is 11.5 Å². The van der Waals surface area contributed by atoms with Crippen molar-refractivity contribution in [2.75, 3.05) is 11.9 Å². The lowest BCUT2D eigenvalue weighted by atomic mass is 9.88. The molecule has 0 bridgehead atoms. The van der Waals surface area contributed by atoms with Gasteiger partial charge in [0.2, 0.25) is 0 Å². The minimum Gasteiger partial charge on any atom is -0.384 e. The average Bonchev–Trinajstić information content (AvgIpc) is 2.69. The molecular formula is C16H16F2N2. The highest BCUT2D eigenvalue weighted by Crippen LogP contribution is 2.36. The van der Waals surface area contributed by atoms with Crippen LogP contribution in [0.4, 0.5) is 14.5 Å². The monoisotopic (exact) mass is 274 g/mol. The SMILES string of the molecule is CC1(C)CNc2cc(Cc3ccc(F)cc3F)ncc21. The summed E-state index contributed by atoms with van der Waals surface area (Å²) in [5.74, 6) is -1.09. The van der Waals surface area contributed by atoms with Gasteiger partial charge in [-0.05, 0) is 17.7 Å². The molecule has 1 N–H and O–H groups in total. The first-order valence-electron chi connectivity index (χ1n) is 6.63. The van der Waals surface area contributed by atoms with E-state index in [2.05, 4.69) is 24.1 Å². The molecule has 2 aromatic rings. The molecule has 3 rings (SSSR count). The molecule has 1 aliphatic rings. The quantitative estimate of drug-likeness (QED) is 0.904. The third-order valence-electron chi connectivity index (χ3n) is 3.80. The van der Waals surface area contributed by atoms with Gasteiger partial charge in [0.1, 0.15) is 11.6 Å². The maximum absolute atomic E-state index is 13.6. The summed E-state index contributed by atoms with van der Waals surface area (Å²) in [6, 6.07) is 5.60. The van der Waals surface area contributed by atoms with Crippen LogP contribution in [0.25, 0.3) is 0 Å². The van der Waals surface area contributed by atoms with Gasteiger partial charge in [0.25, 0.3) is 0 Å². The number of rotatable bonds is 2. The molecule has 0 amide bonds. The van der Waals surface area contributed by atoms with Crippen molar-refractivity contribution in [1.82, 2.24) is 4.98 Å². The van der Waals surface area contributed by atoms with E-state index in [1.165, 1.54) is 17.7 Å². The van der Waals surface area contributed by atoms with Crippen molar-refractivity contribution in [2.45, 2.75) is 25.7 Å². The van der Waals surface area contributed by atoms with E-state index in [4.69, 9.17) is 0 Å². The van der Waals surface area contributed by atoms with E-state index in [-0.39, 0.29) is 5.41 Å². The molecular weight excluding hydrogens is 258 g/mol. The van der Waals surface area contributed by atoms with Crippen LogP contribution in [0.1, 0.15) is 30.7 Å². The van der Waals surface area contributed by atoms with Crippen molar-refractivity contribution in [3.63, 3.8) is 0 Å². The van der Waals surface area contributed by atoms with Gasteiger partial charge in [0, 0.05) is 47.6 Å². The zero-order valence-electron chi connectivity index (χ0n) is 11.5. The Labute approximate surface area is 116 Å². The molecule has 104 valence electrons. The Bertz CT molecular complexity index is 666. The molecule has 0 atom stereocenters. The lowest BCUT2D eigenvalue weighted by Crippen LogP contribution is -2.19. The van der Waals surface area contributed by atoms with Crippen molar-refractivity contribution < 1.29 is 8.78 Å². The van der Waals surface area contributed by atoms with Crippen LogP contribution in [0.15, 0.2) is 30.5 Å². The third-order valence-corrected chi connectivity index (χ3v) is 3.80. The fourth-order valence-electron chi connectivity index (χ4n) is 2.55. The molecule has 0 unspecified atom stereocenters. The second-order valence-electron chi connectivity index (χ2n) is 5.87. The van der Waals surface area contributed by atoms with Crippen LogP contribution in [0.3, 0.4) is 0 Å². The van der Waals surface area contributed by atoms with Gasteiger partial charge in [-0.1, -0.05) is 19.9 Å². The summed E-state index contributed by atoms with van der Waals surface area (Å²) in [6.07, 6.45) is 2.22. The number of hydrogen-bond acceptors (Lipinski definition) is 2. The standard InChI is InChI=1S/C16H16F2N2/c1-16(2)9-20-15-7-12(19-8-13(15)16)5-10-3-4-11(17)6-14(10)18/h3-4,6-8,20H,5,9H2,1-2H3. The van der Waals surface area contributed by atoms with E-state index in [1.54, 1.807) is 0 Å². The highest BCUT2D eigenvalue weighted by atomic mass is 19.1. The maximum Gasteiger partial charge on any atom is 0.129 e. The van der Waals surface area contributed by atoms with Gasteiger partial charge >= 0.3 is 0 Å². The van der Waals surface area contributed by atoms with Crippen LogP contribution in [0.2, 0.25) is 0 Å². The predicted molar refractivity (Wildman–Crippen MR) is 74.9 cm³/mol. The van der Waals surface area contributed by atoms with Gasteiger partial charge in [-0.2, -0.15) is 0 Å². The van der Waals surface area contributed by atoms with E-state index in [0.717, 1.165) is 24.0 Å². The highest BCUT2D eigenvalue weighted by Gasteiger charge is 2.30. The minimum atomic E-state index is -0.559. The largest absolute Gasteiger partial charge is 0.384 e. The number of hydrogen-bond donors (Lipinski definition) is 1. The molecule has 0 saturated heterocycles. The predicted octanol–water partition coefficient (Wildman–Crippen LogP) is 3.65. The van der Waals surface area contributed by atoms with Gasteiger partial charge in [-0.3, -0.25) is 4.98 Å². The number of aromatic nitrogens is 1. The molecule has 1 aromatic carbocycles. The number of nitrogens with one attached hydrogen (secondary N) is 1. The van der Waals surface area contributed by atoms with E-state index >= 15 is 0 Å². The first-order chi connectivity index (χ1) is 9.45. The first kappa shape index (κ1) is 13.0. The Morgan fingerprint density at radius 2 is 2.05 bits per heavy atom. The number of benzene rings is 1. The lowest BCUT2D eigenvalue weighted by Gasteiger charge is -2.16. The van der Waals surface area contributed by atoms with Crippen molar-refractivity contribution in [3.8, 4) is 0 Å². The molecule has 1 aliphatic heterocycles. The van der Waals surface area contributed by atoms with E-state index in [1.807, 2.05) is 12.3 Å². The lowest BCUT2D eigenvalue weighted by molar-refractivity contribution is 0.573. The second-order valence-corrected chi connectivity index (χ2v) is 5.87. The van der Waals surface area contributed by atoms with Crippen molar-refractivity contribution in [2.24, 2.45) is 0 Å². The zero-order chi connectivity index (χ0) is 14.3. The zero-order valence-corrected chi connectivity index (χ0v) is 11.5. The third kappa shape index (κ3) is 2.26.